The summed E-state index contributed by atoms with van der Waals surface area (Å²) in [5.74, 6) is -3.37. The van der Waals surface area contributed by atoms with Crippen molar-refractivity contribution in [1.82, 2.24) is 4.98 Å². The molecule has 0 radical (unpaired) electrons. The number of carbonyl (C=O) groups excluding carboxylic acids is 4. The molecule has 5 atom stereocenters. The van der Waals surface area contributed by atoms with E-state index in [2.05, 4.69) is 4.98 Å². The molecule has 0 N–H and O–H groups in total. The maximum Gasteiger partial charge on any atom is 0.303 e. The van der Waals surface area contributed by atoms with Gasteiger partial charge >= 0.3 is 23.9 Å². The molecule has 0 saturated carbocycles. The first-order chi connectivity index (χ1) is 17.4. The van der Waals surface area contributed by atoms with Crippen molar-refractivity contribution in [2.75, 3.05) is 12.4 Å². The molecule has 0 spiro atoms. The van der Waals surface area contributed by atoms with Crippen LogP contribution >= 0.6 is 11.3 Å². The van der Waals surface area contributed by atoms with Gasteiger partial charge in [0.2, 0.25) is 14.2 Å². The topological polar surface area (TPSA) is 161 Å². The van der Waals surface area contributed by atoms with Crippen molar-refractivity contribution in [3.8, 4) is 0 Å². The van der Waals surface area contributed by atoms with Crippen molar-refractivity contribution >= 4 is 55.3 Å². The number of para-hydroxylation sites is 1. The first kappa shape index (κ1) is 28.5. The Bertz CT molecular complexity index is 1240. The first-order valence-corrected chi connectivity index (χ1v) is 13.7. The van der Waals surface area contributed by atoms with Crippen LogP contribution in [0, 0.1) is 0 Å². The fourth-order valence-corrected chi connectivity index (χ4v) is 6.57. The molecule has 12 nitrogen and oxygen atoms in total. The van der Waals surface area contributed by atoms with Crippen LogP contribution in [0.1, 0.15) is 34.1 Å². The number of carbonyl (C=O) groups is 4. The summed E-state index contributed by atoms with van der Waals surface area (Å²) in [6.07, 6.45) is -6.43. The molecule has 0 aliphatic carbocycles. The average molecular weight is 558 g/mol. The van der Waals surface area contributed by atoms with Crippen molar-refractivity contribution in [2.24, 2.45) is 0 Å². The number of benzene rings is 1. The van der Waals surface area contributed by atoms with E-state index in [1.807, 2.05) is 0 Å². The van der Waals surface area contributed by atoms with Crippen molar-refractivity contribution in [3.63, 3.8) is 0 Å². The van der Waals surface area contributed by atoms with Crippen molar-refractivity contribution in [1.29, 1.82) is 0 Å². The van der Waals surface area contributed by atoms with Gasteiger partial charge in [-0.1, -0.05) is 12.1 Å². The van der Waals surface area contributed by atoms with Gasteiger partial charge in [0.15, 0.2) is 18.3 Å². The van der Waals surface area contributed by atoms with Gasteiger partial charge in [0.25, 0.3) is 0 Å². The molecule has 14 heteroatoms. The first-order valence-electron chi connectivity index (χ1n) is 11.3. The summed E-state index contributed by atoms with van der Waals surface area (Å²) in [7, 11) is -3.88. The highest BCUT2D eigenvalue weighted by molar-refractivity contribution is 7.93. The van der Waals surface area contributed by atoms with Gasteiger partial charge in [-0.3, -0.25) is 19.2 Å². The Kier molecular flexibility index (Phi) is 9.21. The Morgan fingerprint density at radius 2 is 1.43 bits per heavy atom. The number of thiazole rings is 1. The minimum Gasteiger partial charge on any atom is -0.463 e. The minimum absolute atomic E-state index is 0.0839. The highest BCUT2D eigenvalue weighted by Crippen LogP contribution is 2.32. The van der Waals surface area contributed by atoms with Gasteiger partial charge < -0.3 is 23.7 Å². The van der Waals surface area contributed by atoms with E-state index in [1.165, 1.54) is 0 Å². The van der Waals surface area contributed by atoms with E-state index in [1.54, 1.807) is 24.3 Å². The molecular weight excluding hydrogens is 530 g/mol. The molecule has 37 heavy (non-hydrogen) atoms. The largest absolute Gasteiger partial charge is 0.463 e. The molecule has 2 aromatic rings. The molecule has 1 fully saturated rings. The van der Waals surface area contributed by atoms with Crippen molar-refractivity contribution in [3.05, 3.63) is 24.3 Å². The number of fused-ring (bicyclic) bond motifs is 1. The number of nitrogens with zero attached hydrogens (tertiary/aromatic N) is 1. The van der Waals surface area contributed by atoms with E-state index in [-0.39, 0.29) is 17.4 Å². The van der Waals surface area contributed by atoms with E-state index in [0.717, 1.165) is 39.0 Å². The zero-order valence-corrected chi connectivity index (χ0v) is 22.2. The standard InChI is InChI=1S/C23H27NO11S2/c1-12(25)31-11-18-21(33-14(3)27)22(34-15(4)28)20(32-13(2)26)17(35-18)9-10-37(29,30)23-24-16-7-5-6-8-19(16)36-23/h5-8,17-18,20-22H,9-11H2,1-4H3/t17-,18-,20-,21-,22-/m1/s1. The van der Waals surface area contributed by atoms with Crippen LogP contribution in [0.15, 0.2) is 28.6 Å². The molecule has 202 valence electrons. The van der Waals surface area contributed by atoms with Gasteiger partial charge in [-0.25, -0.2) is 13.4 Å². The maximum atomic E-state index is 13.1. The van der Waals surface area contributed by atoms with E-state index < -0.39 is 70.0 Å². The summed E-state index contributed by atoms with van der Waals surface area (Å²) in [5, 5.41) is 0. The van der Waals surface area contributed by atoms with E-state index in [0.29, 0.717) is 10.2 Å². The maximum absolute atomic E-state index is 13.1. The second kappa shape index (κ2) is 12.0. The zero-order valence-electron chi connectivity index (χ0n) is 20.6. The molecular formula is C23H27NO11S2. The number of sulfone groups is 1. The van der Waals surface area contributed by atoms with Crippen LogP contribution in [0.3, 0.4) is 0 Å². The van der Waals surface area contributed by atoms with Gasteiger partial charge in [-0.05, 0) is 18.6 Å². The highest BCUT2D eigenvalue weighted by Gasteiger charge is 2.52. The Labute approximate surface area is 217 Å². The molecule has 1 aromatic heterocycles. The lowest BCUT2D eigenvalue weighted by Gasteiger charge is -2.44. The van der Waals surface area contributed by atoms with E-state index in [4.69, 9.17) is 23.7 Å². The van der Waals surface area contributed by atoms with Crippen LogP contribution in [-0.2, 0) is 52.7 Å². The monoisotopic (exact) mass is 557 g/mol. The summed E-state index contributed by atoms with van der Waals surface area (Å²) in [5.41, 5.74) is 0.540. The Morgan fingerprint density at radius 3 is 2.00 bits per heavy atom. The molecule has 2 heterocycles. The molecule has 0 amide bonds. The number of rotatable bonds is 9. The Balaban J connectivity index is 1.92. The van der Waals surface area contributed by atoms with Crippen LogP contribution in [0.25, 0.3) is 10.2 Å². The number of aromatic nitrogens is 1. The number of hydrogen-bond acceptors (Lipinski definition) is 13. The molecule has 1 aliphatic rings. The van der Waals surface area contributed by atoms with Crippen LogP contribution in [0.2, 0.25) is 0 Å². The number of hydrogen-bond donors (Lipinski definition) is 0. The van der Waals surface area contributed by atoms with Crippen LogP contribution in [0.5, 0.6) is 0 Å². The fraction of sp³-hybridized carbons (Fsp3) is 0.522. The molecule has 3 rings (SSSR count). The summed E-state index contributed by atoms with van der Waals surface area (Å²) in [6, 6.07) is 6.97. The van der Waals surface area contributed by atoms with Crippen LogP contribution < -0.4 is 0 Å². The highest BCUT2D eigenvalue weighted by atomic mass is 32.2. The van der Waals surface area contributed by atoms with Gasteiger partial charge in [-0.2, -0.15) is 0 Å². The predicted molar refractivity (Wildman–Crippen MR) is 128 cm³/mol. The lowest BCUT2D eigenvalue weighted by Crippen LogP contribution is -2.62. The predicted octanol–water partition coefficient (Wildman–Crippen LogP) is 1.59. The minimum atomic E-state index is -3.88. The third kappa shape index (κ3) is 7.46. The number of ether oxygens (including phenoxy) is 5. The van der Waals surface area contributed by atoms with E-state index in [9.17, 15) is 27.6 Å². The van der Waals surface area contributed by atoms with Crippen molar-refractivity contribution < 1.29 is 51.3 Å². The number of esters is 4. The third-order valence-corrected chi connectivity index (χ3v) is 8.54. The summed E-state index contributed by atoms with van der Waals surface area (Å²) in [6.45, 7) is 4.12. The fourth-order valence-electron chi connectivity index (χ4n) is 3.89. The van der Waals surface area contributed by atoms with Crippen LogP contribution in [-0.4, -0.2) is 80.2 Å². The SMILES string of the molecule is CC(=O)OC[C@H]1O[C@H](CCS(=O)(=O)c2nc3ccccc3s2)[C@@H](OC(C)=O)[C@@H](OC(C)=O)[C@@H]1OC(C)=O. The summed E-state index contributed by atoms with van der Waals surface area (Å²) in [4.78, 5) is 51.3. The van der Waals surface area contributed by atoms with Crippen molar-refractivity contribution in [2.45, 2.75) is 69.0 Å². The summed E-state index contributed by atoms with van der Waals surface area (Å²) < 4.78 is 53.9. The Morgan fingerprint density at radius 1 is 0.865 bits per heavy atom. The second-order valence-corrected chi connectivity index (χ2v) is 11.6. The quantitative estimate of drug-likeness (QED) is 0.324. The lowest BCUT2D eigenvalue weighted by molar-refractivity contribution is -0.252. The van der Waals surface area contributed by atoms with Gasteiger partial charge in [-0.15, -0.1) is 11.3 Å². The Hall–Kier alpha value is -3.10. The third-order valence-electron chi connectivity index (χ3n) is 5.30. The van der Waals surface area contributed by atoms with Gasteiger partial charge in [0, 0.05) is 27.7 Å². The lowest BCUT2D eigenvalue weighted by atomic mass is 9.93. The normalized spacial score (nSPS) is 23.7. The molecule has 0 bridgehead atoms. The smallest absolute Gasteiger partial charge is 0.303 e. The van der Waals surface area contributed by atoms with E-state index >= 15 is 0 Å². The average Bonchev–Trinajstić information content (AvgIpc) is 3.24. The molecule has 1 aliphatic heterocycles. The zero-order chi connectivity index (χ0) is 27.3. The molecule has 1 saturated heterocycles. The van der Waals surface area contributed by atoms with Gasteiger partial charge in [0.05, 0.1) is 16.0 Å². The van der Waals surface area contributed by atoms with Gasteiger partial charge in [0.1, 0.15) is 18.8 Å². The van der Waals surface area contributed by atoms with Crippen LogP contribution in [0.4, 0.5) is 0 Å². The molecule has 1 aromatic carbocycles. The molecule has 0 unspecified atom stereocenters. The summed E-state index contributed by atoms with van der Waals surface area (Å²) >= 11 is 1.02. The second-order valence-electron chi connectivity index (χ2n) is 8.29.